The number of aliphatic carboxylic acids is 1. The zero-order valence-electron chi connectivity index (χ0n) is 9.58. The van der Waals surface area contributed by atoms with Crippen LogP contribution in [0.15, 0.2) is 18.2 Å². The van der Waals surface area contributed by atoms with Crippen LogP contribution in [0.4, 0.5) is 8.78 Å². The van der Waals surface area contributed by atoms with Crippen molar-refractivity contribution in [3.8, 4) is 0 Å². The van der Waals surface area contributed by atoms with E-state index in [2.05, 4.69) is 0 Å². The summed E-state index contributed by atoms with van der Waals surface area (Å²) in [5.74, 6) is -4.40. The van der Waals surface area contributed by atoms with Crippen molar-refractivity contribution < 1.29 is 23.8 Å². The van der Waals surface area contributed by atoms with Gasteiger partial charge < -0.3 is 10.2 Å². The number of halogens is 2. The number of carbonyl (C=O) groups is 1. The van der Waals surface area contributed by atoms with Crippen molar-refractivity contribution in [1.82, 2.24) is 0 Å². The number of rotatable bonds is 4. The summed E-state index contributed by atoms with van der Waals surface area (Å²) in [6, 6.07) is 2.87. The molecule has 0 amide bonds. The largest absolute Gasteiger partial charge is 0.481 e. The molecule has 0 heterocycles. The molecule has 1 rings (SSSR count). The Hall–Kier alpha value is -1.49. The van der Waals surface area contributed by atoms with Gasteiger partial charge in [0.2, 0.25) is 0 Å². The minimum Gasteiger partial charge on any atom is -0.481 e. The molecule has 0 bridgehead atoms. The zero-order valence-corrected chi connectivity index (χ0v) is 9.58. The van der Waals surface area contributed by atoms with Crippen LogP contribution in [0.3, 0.4) is 0 Å². The quantitative estimate of drug-likeness (QED) is 0.854. The minimum atomic E-state index is -1.74. The Morgan fingerprint density at radius 2 is 2.00 bits per heavy atom. The van der Waals surface area contributed by atoms with Crippen molar-refractivity contribution in [2.24, 2.45) is 5.92 Å². The maximum atomic E-state index is 13.0. The highest BCUT2D eigenvalue weighted by Gasteiger charge is 2.38. The molecule has 0 fully saturated rings. The maximum absolute atomic E-state index is 13.0. The third-order valence-corrected chi connectivity index (χ3v) is 2.89. The van der Waals surface area contributed by atoms with Gasteiger partial charge in [-0.05, 0) is 31.0 Å². The Labute approximate surface area is 97.7 Å². The number of benzene rings is 1. The molecule has 0 aliphatic rings. The molecule has 0 saturated heterocycles. The second-order valence-electron chi connectivity index (χ2n) is 4.08. The van der Waals surface area contributed by atoms with Crippen LogP contribution in [0.5, 0.6) is 0 Å². The molecule has 0 aliphatic heterocycles. The van der Waals surface area contributed by atoms with Gasteiger partial charge in [0.1, 0.15) is 5.60 Å². The van der Waals surface area contributed by atoms with Gasteiger partial charge in [0.15, 0.2) is 11.6 Å². The fourth-order valence-corrected chi connectivity index (χ4v) is 1.82. The number of carboxylic acids is 1. The summed E-state index contributed by atoms with van der Waals surface area (Å²) in [4.78, 5) is 11.0. The molecule has 0 aliphatic carbocycles. The molecule has 2 unspecified atom stereocenters. The van der Waals surface area contributed by atoms with E-state index in [1.807, 2.05) is 0 Å². The van der Waals surface area contributed by atoms with Gasteiger partial charge in [-0.15, -0.1) is 0 Å². The molecular weight excluding hydrogens is 230 g/mol. The van der Waals surface area contributed by atoms with E-state index in [1.54, 1.807) is 6.92 Å². The van der Waals surface area contributed by atoms with Crippen molar-refractivity contribution in [3.63, 3.8) is 0 Å². The molecule has 0 aromatic heterocycles. The number of hydrogen-bond acceptors (Lipinski definition) is 2. The standard InChI is InChI=1S/C12H14F2O3/c1-3-8(11(15)16)12(2,17)7-4-5-9(13)10(14)6-7/h4-6,8,17H,3H2,1-2H3,(H,15,16). The van der Waals surface area contributed by atoms with Gasteiger partial charge in [-0.25, -0.2) is 8.78 Å². The van der Waals surface area contributed by atoms with Gasteiger partial charge in [-0.1, -0.05) is 13.0 Å². The Morgan fingerprint density at radius 3 is 2.41 bits per heavy atom. The first-order valence-corrected chi connectivity index (χ1v) is 5.21. The molecule has 1 aromatic rings. The second kappa shape index (κ2) is 4.79. The van der Waals surface area contributed by atoms with Crippen LogP contribution < -0.4 is 0 Å². The summed E-state index contributed by atoms with van der Waals surface area (Å²) in [6.07, 6.45) is 0.182. The lowest BCUT2D eigenvalue weighted by molar-refractivity contribution is -0.152. The second-order valence-corrected chi connectivity index (χ2v) is 4.08. The molecule has 2 N–H and O–H groups in total. The number of hydrogen-bond donors (Lipinski definition) is 2. The summed E-state index contributed by atoms with van der Waals surface area (Å²) >= 11 is 0. The van der Waals surface area contributed by atoms with Crippen molar-refractivity contribution in [3.05, 3.63) is 35.4 Å². The Balaban J connectivity index is 3.19. The van der Waals surface area contributed by atoms with Gasteiger partial charge in [0.25, 0.3) is 0 Å². The van der Waals surface area contributed by atoms with E-state index in [9.17, 15) is 18.7 Å². The molecule has 5 heteroatoms. The van der Waals surface area contributed by atoms with E-state index < -0.39 is 29.1 Å². The normalized spacial score (nSPS) is 16.3. The topological polar surface area (TPSA) is 57.5 Å². The van der Waals surface area contributed by atoms with E-state index in [0.29, 0.717) is 0 Å². The highest BCUT2D eigenvalue weighted by Crippen LogP contribution is 2.32. The molecule has 0 spiro atoms. The molecule has 3 nitrogen and oxygen atoms in total. The monoisotopic (exact) mass is 244 g/mol. The van der Waals surface area contributed by atoms with Crippen molar-refractivity contribution in [1.29, 1.82) is 0 Å². The third kappa shape index (κ3) is 2.61. The van der Waals surface area contributed by atoms with E-state index in [-0.39, 0.29) is 12.0 Å². The summed E-state index contributed by atoms with van der Waals surface area (Å²) in [5.41, 5.74) is -1.69. The van der Waals surface area contributed by atoms with E-state index >= 15 is 0 Å². The molecule has 1 aromatic carbocycles. The van der Waals surface area contributed by atoms with Gasteiger partial charge in [-0.2, -0.15) is 0 Å². The first-order chi connectivity index (χ1) is 7.80. The maximum Gasteiger partial charge on any atom is 0.309 e. The number of aliphatic hydroxyl groups is 1. The number of carboxylic acid groups (broad SMARTS) is 1. The molecular formula is C12H14F2O3. The first-order valence-electron chi connectivity index (χ1n) is 5.21. The van der Waals surface area contributed by atoms with Crippen LogP contribution in [0.25, 0.3) is 0 Å². The van der Waals surface area contributed by atoms with Gasteiger partial charge >= 0.3 is 5.97 Å². The summed E-state index contributed by atoms with van der Waals surface area (Å²) in [5, 5.41) is 19.1. The molecule has 0 radical (unpaired) electrons. The lowest BCUT2D eigenvalue weighted by Gasteiger charge is -2.29. The smallest absolute Gasteiger partial charge is 0.309 e. The van der Waals surface area contributed by atoms with Crippen molar-refractivity contribution in [2.45, 2.75) is 25.9 Å². The Morgan fingerprint density at radius 1 is 1.41 bits per heavy atom. The van der Waals surface area contributed by atoms with Crippen LogP contribution in [-0.2, 0) is 10.4 Å². The van der Waals surface area contributed by atoms with E-state index in [0.717, 1.165) is 12.1 Å². The van der Waals surface area contributed by atoms with Crippen LogP contribution in [0, 0.1) is 17.6 Å². The summed E-state index contributed by atoms with van der Waals surface area (Å²) < 4.78 is 25.8. The summed E-state index contributed by atoms with van der Waals surface area (Å²) in [7, 11) is 0. The average Bonchev–Trinajstić information content (AvgIpc) is 2.21. The first kappa shape index (κ1) is 13.6. The fraction of sp³-hybridized carbons (Fsp3) is 0.417. The lowest BCUT2D eigenvalue weighted by Crippen LogP contribution is -2.37. The highest BCUT2D eigenvalue weighted by molar-refractivity contribution is 5.71. The van der Waals surface area contributed by atoms with Crippen molar-refractivity contribution >= 4 is 5.97 Å². The molecule has 94 valence electrons. The van der Waals surface area contributed by atoms with E-state index in [4.69, 9.17) is 5.11 Å². The van der Waals surface area contributed by atoms with Crippen LogP contribution >= 0.6 is 0 Å². The third-order valence-electron chi connectivity index (χ3n) is 2.89. The summed E-state index contributed by atoms with van der Waals surface area (Å²) in [6.45, 7) is 2.88. The van der Waals surface area contributed by atoms with Crippen LogP contribution in [-0.4, -0.2) is 16.2 Å². The highest BCUT2D eigenvalue weighted by atomic mass is 19.2. The molecule has 17 heavy (non-hydrogen) atoms. The molecule has 0 saturated carbocycles. The van der Waals surface area contributed by atoms with Gasteiger partial charge in [0.05, 0.1) is 5.92 Å². The lowest BCUT2D eigenvalue weighted by atomic mass is 9.81. The fourth-order valence-electron chi connectivity index (χ4n) is 1.82. The van der Waals surface area contributed by atoms with Crippen LogP contribution in [0.1, 0.15) is 25.8 Å². The zero-order chi connectivity index (χ0) is 13.2. The Bertz CT molecular complexity index is 430. The molecule has 2 atom stereocenters. The van der Waals surface area contributed by atoms with Gasteiger partial charge in [0, 0.05) is 0 Å². The average molecular weight is 244 g/mol. The SMILES string of the molecule is CCC(C(=O)O)C(C)(O)c1ccc(F)c(F)c1. The minimum absolute atomic E-state index is 0.0469. The van der Waals surface area contributed by atoms with E-state index in [1.165, 1.54) is 13.0 Å². The predicted molar refractivity (Wildman–Crippen MR) is 57.3 cm³/mol. The predicted octanol–water partition coefficient (Wildman–Crippen LogP) is 2.28. The van der Waals surface area contributed by atoms with Gasteiger partial charge in [-0.3, -0.25) is 4.79 Å². The van der Waals surface area contributed by atoms with Crippen LogP contribution in [0.2, 0.25) is 0 Å². The Kier molecular flexibility index (Phi) is 3.83. The van der Waals surface area contributed by atoms with Crippen molar-refractivity contribution in [2.75, 3.05) is 0 Å².